The first-order valence-electron chi connectivity index (χ1n) is 3.30. The average molecular weight is 150 g/mol. The number of nitrogen functional groups attached to an aromatic ring is 1. The fraction of sp³-hybridized carbons (Fsp3) is 0.125. The Hall–Kier alpha value is -1.35. The lowest BCUT2D eigenvalue weighted by atomic mass is 10.1. The van der Waals surface area contributed by atoms with Crippen molar-refractivity contribution in [3.8, 4) is 0 Å². The number of anilines is 1. The van der Waals surface area contributed by atoms with Gasteiger partial charge in [0.1, 0.15) is 6.29 Å². The molecule has 0 fully saturated rings. The van der Waals surface area contributed by atoms with Crippen LogP contribution in [-0.2, 0) is 0 Å². The number of benzene rings is 1. The molecule has 11 heavy (non-hydrogen) atoms. The predicted molar refractivity (Wildman–Crippen MR) is 44.4 cm³/mol. The van der Waals surface area contributed by atoms with Gasteiger partial charge in [0.15, 0.2) is 0 Å². The van der Waals surface area contributed by atoms with E-state index in [9.17, 15) is 4.79 Å². The Morgan fingerprint density at radius 3 is 2.73 bits per heavy atom. The second kappa shape index (κ2) is 3.16. The van der Waals surface area contributed by atoms with Crippen LogP contribution >= 0.6 is 0 Å². The molecule has 0 heterocycles. The van der Waals surface area contributed by atoms with Crippen LogP contribution in [0.5, 0.6) is 0 Å². The van der Waals surface area contributed by atoms with Crippen molar-refractivity contribution in [2.75, 3.05) is 5.43 Å². The number of hydrogen-bond acceptors (Lipinski definition) is 3. The monoisotopic (exact) mass is 150 g/mol. The van der Waals surface area contributed by atoms with E-state index in [1.807, 2.05) is 6.92 Å². The molecular formula is C8H10N2O. The van der Waals surface area contributed by atoms with E-state index >= 15 is 0 Å². The van der Waals surface area contributed by atoms with E-state index in [1.165, 1.54) is 0 Å². The minimum atomic E-state index is 0.668. The molecule has 0 radical (unpaired) electrons. The van der Waals surface area contributed by atoms with Crippen molar-refractivity contribution in [3.05, 3.63) is 29.3 Å². The van der Waals surface area contributed by atoms with Crippen molar-refractivity contribution in [1.82, 2.24) is 0 Å². The molecule has 3 heteroatoms. The Morgan fingerprint density at radius 2 is 2.27 bits per heavy atom. The Morgan fingerprint density at radius 1 is 1.55 bits per heavy atom. The molecular weight excluding hydrogens is 140 g/mol. The third-order valence-corrected chi connectivity index (χ3v) is 1.54. The van der Waals surface area contributed by atoms with Crippen molar-refractivity contribution in [2.45, 2.75) is 6.92 Å². The first-order chi connectivity index (χ1) is 5.27. The van der Waals surface area contributed by atoms with Crippen LogP contribution in [0.25, 0.3) is 0 Å². The van der Waals surface area contributed by atoms with Crippen LogP contribution in [0.3, 0.4) is 0 Å². The molecule has 0 aliphatic heterocycles. The summed E-state index contributed by atoms with van der Waals surface area (Å²) in [5.41, 5.74) is 5.01. The maximum Gasteiger partial charge on any atom is 0.150 e. The molecule has 0 saturated carbocycles. The standard InChI is InChI=1S/C8H10N2O/c1-6-4-7(5-11)2-3-8(6)10-9/h2-5,10H,9H2,1H3. The first-order valence-corrected chi connectivity index (χ1v) is 3.30. The van der Waals surface area contributed by atoms with Gasteiger partial charge >= 0.3 is 0 Å². The molecule has 0 aliphatic rings. The van der Waals surface area contributed by atoms with Gasteiger partial charge in [0.2, 0.25) is 0 Å². The number of hydrazine groups is 1. The molecule has 3 nitrogen and oxygen atoms in total. The molecule has 0 atom stereocenters. The lowest BCUT2D eigenvalue weighted by Crippen LogP contribution is -2.08. The molecule has 0 bridgehead atoms. The van der Waals surface area contributed by atoms with Crippen molar-refractivity contribution in [1.29, 1.82) is 0 Å². The number of carbonyl (C=O) groups excluding carboxylic acids is 1. The minimum absolute atomic E-state index is 0.668. The highest BCUT2D eigenvalue weighted by Crippen LogP contribution is 2.13. The Kier molecular flexibility index (Phi) is 2.23. The van der Waals surface area contributed by atoms with Crippen LogP contribution in [0.4, 0.5) is 5.69 Å². The van der Waals surface area contributed by atoms with Crippen LogP contribution in [0, 0.1) is 6.92 Å². The quantitative estimate of drug-likeness (QED) is 0.377. The van der Waals surface area contributed by atoms with Gasteiger partial charge in [-0.15, -0.1) is 0 Å². The fourth-order valence-electron chi connectivity index (χ4n) is 0.922. The number of nitrogens with two attached hydrogens (primary N) is 1. The third kappa shape index (κ3) is 1.56. The molecule has 0 amide bonds. The van der Waals surface area contributed by atoms with Crippen LogP contribution in [0.15, 0.2) is 18.2 Å². The fourth-order valence-corrected chi connectivity index (χ4v) is 0.922. The van der Waals surface area contributed by atoms with Crippen molar-refractivity contribution >= 4 is 12.0 Å². The average Bonchev–Trinajstić information content (AvgIpc) is 2.04. The molecule has 58 valence electrons. The summed E-state index contributed by atoms with van der Waals surface area (Å²) in [6.45, 7) is 1.89. The number of aryl methyl sites for hydroxylation is 1. The topological polar surface area (TPSA) is 55.1 Å². The lowest BCUT2D eigenvalue weighted by Gasteiger charge is -2.03. The summed E-state index contributed by atoms with van der Waals surface area (Å²) in [5.74, 6) is 5.20. The maximum absolute atomic E-state index is 10.3. The van der Waals surface area contributed by atoms with E-state index < -0.39 is 0 Å². The molecule has 0 spiro atoms. The molecule has 0 aliphatic carbocycles. The van der Waals surface area contributed by atoms with Crippen LogP contribution in [0.1, 0.15) is 15.9 Å². The van der Waals surface area contributed by atoms with Gasteiger partial charge in [0, 0.05) is 5.56 Å². The minimum Gasteiger partial charge on any atom is -0.324 e. The maximum atomic E-state index is 10.3. The Bertz CT molecular complexity index is 271. The van der Waals surface area contributed by atoms with Crippen LogP contribution < -0.4 is 11.3 Å². The highest BCUT2D eigenvalue weighted by Gasteiger charge is 1.95. The summed E-state index contributed by atoms with van der Waals surface area (Å²) >= 11 is 0. The summed E-state index contributed by atoms with van der Waals surface area (Å²) < 4.78 is 0. The Labute approximate surface area is 65.2 Å². The normalized spacial score (nSPS) is 9.27. The number of aldehydes is 1. The van der Waals surface area contributed by atoms with E-state index in [1.54, 1.807) is 18.2 Å². The van der Waals surface area contributed by atoms with E-state index in [0.29, 0.717) is 5.56 Å². The first kappa shape index (κ1) is 7.75. The number of hydrogen-bond donors (Lipinski definition) is 2. The number of rotatable bonds is 2. The highest BCUT2D eigenvalue weighted by molar-refractivity contribution is 5.76. The summed E-state index contributed by atoms with van der Waals surface area (Å²) in [5, 5.41) is 0. The van der Waals surface area contributed by atoms with Gasteiger partial charge in [-0.1, -0.05) is 0 Å². The second-order valence-corrected chi connectivity index (χ2v) is 2.34. The molecule has 0 unspecified atom stereocenters. The molecule has 1 aromatic rings. The van der Waals surface area contributed by atoms with Gasteiger partial charge in [-0.3, -0.25) is 10.6 Å². The van der Waals surface area contributed by atoms with Crippen LogP contribution in [-0.4, -0.2) is 6.29 Å². The molecule has 0 saturated heterocycles. The molecule has 1 aromatic carbocycles. The summed E-state index contributed by atoms with van der Waals surface area (Å²) in [4.78, 5) is 10.3. The summed E-state index contributed by atoms with van der Waals surface area (Å²) in [6.07, 6.45) is 0.813. The zero-order chi connectivity index (χ0) is 8.27. The van der Waals surface area contributed by atoms with Gasteiger partial charge < -0.3 is 5.43 Å². The van der Waals surface area contributed by atoms with Crippen molar-refractivity contribution < 1.29 is 4.79 Å². The number of carbonyl (C=O) groups is 1. The van der Waals surface area contributed by atoms with Gasteiger partial charge in [-0.2, -0.15) is 0 Å². The third-order valence-electron chi connectivity index (χ3n) is 1.54. The Balaban J connectivity index is 3.09. The van der Waals surface area contributed by atoms with E-state index in [-0.39, 0.29) is 0 Å². The summed E-state index contributed by atoms with van der Waals surface area (Å²) in [6, 6.07) is 5.27. The van der Waals surface area contributed by atoms with Gasteiger partial charge in [-0.25, -0.2) is 0 Å². The molecule has 1 rings (SSSR count). The van der Waals surface area contributed by atoms with Crippen molar-refractivity contribution in [3.63, 3.8) is 0 Å². The van der Waals surface area contributed by atoms with Gasteiger partial charge in [0.25, 0.3) is 0 Å². The molecule has 0 aromatic heterocycles. The molecule has 3 N–H and O–H groups in total. The van der Waals surface area contributed by atoms with Crippen molar-refractivity contribution in [2.24, 2.45) is 5.84 Å². The van der Waals surface area contributed by atoms with E-state index in [4.69, 9.17) is 5.84 Å². The predicted octanol–water partition coefficient (Wildman–Crippen LogP) is 1.09. The zero-order valence-electron chi connectivity index (χ0n) is 6.29. The number of nitrogens with one attached hydrogen (secondary N) is 1. The van der Waals surface area contributed by atoms with Gasteiger partial charge in [-0.05, 0) is 30.7 Å². The largest absolute Gasteiger partial charge is 0.324 e. The SMILES string of the molecule is Cc1cc(C=O)ccc1NN. The highest BCUT2D eigenvalue weighted by atomic mass is 16.1. The smallest absolute Gasteiger partial charge is 0.150 e. The van der Waals surface area contributed by atoms with Gasteiger partial charge in [0.05, 0.1) is 5.69 Å². The van der Waals surface area contributed by atoms with E-state index in [2.05, 4.69) is 5.43 Å². The lowest BCUT2D eigenvalue weighted by molar-refractivity contribution is 0.112. The zero-order valence-corrected chi connectivity index (χ0v) is 6.29. The van der Waals surface area contributed by atoms with E-state index in [0.717, 1.165) is 17.5 Å². The van der Waals surface area contributed by atoms with Crippen LogP contribution in [0.2, 0.25) is 0 Å². The summed E-state index contributed by atoms with van der Waals surface area (Å²) in [7, 11) is 0. The second-order valence-electron chi connectivity index (χ2n) is 2.34.